The van der Waals surface area contributed by atoms with Crippen molar-refractivity contribution in [2.24, 2.45) is 0 Å². The van der Waals surface area contributed by atoms with Crippen molar-refractivity contribution in [1.29, 1.82) is 0 Å². The molecule has 1 aromatic carbocycles. The summed E-state index contributed by atoms with van der Waals surface area (Å²) in [6.45, 7) is 3.35. The van der Waals surface area contributed by atoms with E-state index in [4.69, 9.17) is 14.2 Å². The molecule has 196 valence electrons. The first-order valence-corrected chi connectivity index (χ1v) is 13.4. The quantitative estimate of drug-likeness (QED) is 0.644. The molecule has 36 heavy (non-hydrogen) atoms. The van der Waals surface area contributed by atoms with Gasteiger partial charge >= 0.3 is 0 Å². The third kappa shape index (κ3) is 4.44. The van der Waals surface area contributed by atoms with E-state index in [1.807, 2.05) is 29.7 Å². The molecule has 1 N–H and O–H groups in total. The van der Waals surface area contributed by atoms with Crippen LogP contribution in [0.15, 0.2) is 18.2 Å². The highest BCUT2D eigenvalue weighted by molar-refractivity contribution is 6.06. The van der Waals surface area contributed by atoms with Crippen LogP contribution in [0.2, 0.25) is 0 Å². The molecule has 2 atom stereocenters. The van der Waals surface area contributed by atoms with E-state index in [1.165, 1.54) is 19.3 Å². The summed E-state index contributed by atoms with van der Waals surface area (Å²) in [6, 6.07) is 5.71. The van der Waals surface area contributed by atoms with Gasteiger partial charge in [0.1, 0.15) is 22.7 Å². The zero-order chi connectivity index (χ0) is 25.3. The molecule has 8 heteroatoms. The second kappa shape index (κ2) is 10.3. The number of methoxy groups -OCH3 is 2. The Hall–Kier alpha value is -2.74. The van der Waals surface area contributed by atoms with Crippen molar-refractivity contribution in [3.8, 4) is 11.5 Å². The fourth-order valence-electron chi connectivity index (χ4n) is 6.17. The van der Waals surface area contributed by atoms with Gasteiger partial charge in [0.05, 0.1) is 32.4 Å². The Kier molecular flexibility index (Phi) is 7.15. The van der Waals surface area contributed by atoms with Gasteiger partial charge in [-0.3, -0.25) is 9.59 Å². The van der Waals surface area contributed by atoms with Gasteiger partial charge in [0.25, 0.3) is 5.91 Å². The molecular weight excluding hydrogens is 458 g/mol. The summed E-state index contributed by atoms with van der Waals surface area (Å²) < 4.78 is 19.1. The SMILES string of the molecule is COc1ccc(OC)c2c1cc1n2C[C@@](C)(C(=O)NC2CCCCCCC2)N(C[C@@H]2CCCO2)C1=O. The van der Waals surface area contributed by atoms with Gasteiger partial charge in [-0.2, -0.15) is 0 Å². The minimum absolute atomic E-state index is 0.0533. The maximum absolute atomic E-state index is 14.1. The Labute approximate surface area is 213 Å². The number of carbonyl (C=O) groups excluding carboxylic acids is 2. The van der Waals surface area contributed by atoms with Crippen molar-refractivity contribution in [1.82, 2.24) is 14.8 Å². The number of nitrogens with zero attached hydrogens (tertiary/aromatic N) is 2. The number of fused-ring (bicyclic) bond motifs is 3. The van der Waals surface area contributed by atoms with E-state index in [1.54, 1.807) is 19.1 Å². The average Bonchev–Trinajstić information content (AvgIpc) is 3.51. The third-order valence-corrected chi connectivity index (χ3v) is 8.29. The molecule has 3 aliphatic rings. The van der Waals surface area contributed by atoms with Crippen LogP contribution in [-0.4, -0.2) is 66.3 Å². The van der Waals surface area contributed by atoms with E-state index >= 15 is 0 Å². The Morgan fingerprint density at radius 3 is 2.42 bits per heavy atom. The molecule has 0 bridgehead atoms. The van der Waals surface area contributed by atoms with Gasteiger partial charge in [-0.25, -0.2) is 0 Å². The lowest BCUT2D eigenvalue weighted by Gasteiger charge is -2.45. The van der Waals surface area contributed by atoms with Crippen LogP contribution in [0.5, 0.6) is 11.5 Å². The average molecular weight is 498 g/mol. The third-order valence-electron chi connectivity index (χ3n) is 8.29. The number of ether oxygens (including phenoxy) is 3. The molecule has 5 rings (SSSR count). The Bertz CT molecular complexity index is 1110. The molecule has 0 radical (unpaired) electrons. The van der Waals surface area contributed by atoms with E-state index < -0.39 is 5.54 Å². The number of hydrogen-bond donors (Lipinski definition) is 1. The Balaban J connectivity index is 1.55. The lowest BCUT2D eigenvalue weighted by Crippen LogP contribution is -2.66. The maximum Gasteiger partial charge on any atom is 0.271 e. The molecule has 1 aromatic heterocycles. The van der Waals surface area contributed by atoms with E-state index in [2.05, 4.69) is 5.32 Å². The van der Waals surface area contributed by atoms with Crippen LogP contribution in [0.4, 0.5) is 0 Å². The van der Waals surface area contributed by atoms with Crippen LogP contribution >= 0.6 is 0 Å². The van der Waals surface area contributed by atoms with Crippen molar-refractivity contribution in [3.63, 3.8) is 0 Å². The molecule has 2 aliphatic heterocycles. The summed E-state index contributed by atoms with van der Waals surface area (Å²) in [4.78, 5) is 29.9. The predicted octanol–water partition coefficient (Wildman–Crippen LogP) is 4.28. The molecule has 1 saturated carbocycles. The smallest absolute Gasteiger partial charge is 0.271 e. The van der Waals surface area contributed by atoms with Crippen LogP contribution < -0.4 is 14.8 Å². The highest BCUT2D eigenvalue weighted by atomic mass is 16.5. The van der Waals surface area contributed by atoms with Gasteiger partial charge in [-0.05, 0) is 50.8 Å². The molecule has 0 spiro atoms. The van der Waals surface area contributed by atoms with E-state index in [0.717, 1.165) is 49.4 Å². The number of rotatable bonds is 6. The maximum atomic E-state index is 14.1. The molecule has 0 unspecified atom stereocenters. The lowest BCUT2D eigenvalue weighted by atomic mass is 9.91. The Morgan fingerprint density at radius 1 is 1.06 bits per heavy atom. The first-order chi connectivity index (χ1) is 17.5. The van der Waals surface area contributed by atoms with Gasteiger partial charge in [0.2, 0.25) is 5.91 Å². The van der Waals surface area contributed by atoms with Crippen molar-refractivity contribution in [2.45, 2.75) is 88.9 Å². The Morgan fingerprint density at radius 2 is 1.75 bits per heavy atom. The second-order valence-electron chi connectivity index (χ2n) is 10.7. The summed E-state index contributed by atoms with van der Waals surface area (Å²) in [6.07, 6.45) is 9.77. The largest absolute Gasteiger partial charge is 0.496 e. The predicted molar refractivity (Wildman–Crippen MR) is 138 cm³/mol. The first kappa shape index (κ1) is 24.9. The first-order valence-electron chi connectivity index (χ1n) is 13.4. The van der Waals surface area contributed by atoms with Crippen molar-refractivity contribution in [3.05, 3.63) is 23.9 Å². The summed E-state index contributed by atoms with van der Waals surface area (Å²) in [5, 5.41) is 4.16. The van der Waals surface area contributed by atoms with Crippen LogP contribution in [0.3, 0.4) is 0 Å². The number of aromatic nitrogens is 1. The molecule has 2 aromatic rings. The zero-order valence-electron chi connectivity index (χ0n) is 21.8. The van der Waals surface area contributed by atoms with Crippen LogP contribution in [0.1, 0.15) is 75.2 Å². The molecule has 2 fully saturated rings. The van der Waals surface area contributed by atoms with Crippen LogP contribution in [-0.2, 0) is 16.1 Å². The lowest BCUT2D eigenvalue weighted by molar-refractivity contribution is -0.134. The molecule has 1 saturated heterocycles. The molecule has 8 nitrogen and oxygen atoms in total. The monoisotopic (exact) mass is 497 g/mol. The molecular formula is C28H39N3O5. The van der Waals surface area contributed by atoms with Gasteiger partial charge in [-0.1, -0.05) is 32.1 Å². The number of amides is 2. The highest BCUT2D eigenvalue weighted by Gasteiger charge is 2.49. The zero-order valence-corrected chi connectivity index (χ0v) is 21.8. The van der Waals surface area contributed by atoms with E-state index in [-0.39, 0.29) is 24.0 Å². The fourth-order valence-corrected chi connectivity index (χ4v) is 6.17. The number of hydrogen-bond acceptors (Lipinski definition) is 5. The topological polar surface area (TPSA) is 82.0 Å². The van der Waals surface area contributed by atoms with E-state index in [9.17, 15) is 9.59 Å². The van der Waals surface area contributed by atoms with Gasteiger partial charge < -0.3 is 29.0 Å². The number of nitrogens with one attached hydrogen (secondary N) is 1. The summed E-state index contributed by atoms with van der Waals surface area (Å²) in [5.41, 5.74) is 0.266. The normalized spacial score (nSPS) is 25.4. The summed E-state index contributed by atoms with van der Waals surface area (Å²) in [7, 11) is 3.24. The number of carbonyl (C=O) groups is 2. The minimum atomic E-state index is -1.06. The highest BCUT2D eigenvalue weighted by Crippen LogP contribution is 2.40. The molecule has 2 amide bonds. The fraction of sp³-hybridized carbons (Fsp3) is 0.643. The second-order valence-corrected chi connectivity index (χ2v) is 10.7. The van der Waals surface area contributed by atoms with Gasteiger partial charge in [-0.15, -0.1) is 0 Å². The van der Waals surface area contributed by atoms with Crippen LogP contribution in [0.25, 0.3) is 10.9 Å². The standard InChI is InChI=1S/C28H39N3O5/c1-28(27(33)29-19-10-7-5-4-6-8-11-19)18-30-22(26(32)31(28)17-20-12-9-15-36-20)16-21-23(34-2)13-14-24(35-3)25(21)30/h13-14,16,19-20H,4-12,15,17-18H2,1-3H3,(H,29,33)/t20-,28-/m0/s1. The molecule has 3 heterocycles. The summed E-state index contributed by atoms with van der Waals surface area (Å²) in [5.74, 6) is 1.08. The van der Waals surface area contributed by atoms with Gasteiger partial charge in [0.15, 0.2) is 0 Å². The van der Waals surface area contributed by atoms with Gasteiger partial charge in [0, 0.05) is 24.6 Å². The van der Waals surface area contributed by atoms with Crippen LogP contribution in [0, 0.1) is 0 Å². The van der Waals surface area contributed by atoms with E-state index in [0.29, 0.717) is 36.9 Å². The van der Waals surface area contributed by atoms with Crippen molar-refractivity contribution >= 4 is 22.7 Å². The van der Waals surface area contributed by atoms with Crippen molar-refractivity contribution < 1.29 is 23.8 Å². The minimum Gasteiger partial charge on any atom is -0.496 e. The van der Waals surface area contributed by atoms with Crippen molar-refractivity contribution in [2.75, 3.05) is 27.4 Å². The molecule has 1 aliphatic carbocycles. The number of benzene rings is 1. The summed E-state index contributed by atoms with van der Waals surface area (Å²) >= 11 is 0.